The quantitative estimate of drug-likeness (QED) is 0.896. The predicted octanol–water partition coefficient (Wildman–Crippen LogP) is 2.42. The summed E-state index contributed by atoms with van der Waals surface area (Å²) in [4.78, 5) is 21.9. The number of para-hydroxylation sites is 1. The second-order valence-electron chi connectivity index (χ2n) is 3.91. The lowest BCUT2D eigenvalue weighted by atomic mass is 10.2. The van der Waals surface area contributed by atoms with Crippen LogP contribution in [0, 0.1) is 5.82 Å². The number of amides is 1. The molecule has 0 fully saturated rings. The Kier molecular flexibility index (Phi) is 3.65. The first kappa shape index (κ1) is 13.5. The van der Waals surface area contributed by atoms with E-state index < -0.39 is 17.7 Å². The van der Waals surface area contributed by atoms with Gasteiger partial charge in [0.25, 0.3) is 5.91 Å². The van der Waals surface area contributed by atoms with E-state index in [0.717, 1.165) is 6.07 Å². The van der Waals surface area contributed by atoms with Gasteiger partial charge in [-0.05, 0) is 24.3 Å². The van der Waals surface area contributed by atoms with Gasteiger partial charge in [0.15, 0.2) is 0 Å². The summed E-state index contributed by atoms with van der Waals surface area (Å²) in [6.07, 6.45) is 0. The summed E-state index contributed by atoms with van der Waals surface area (Å²) < 4.78 is 18.9. The molecule has 0 spiro atoms. The van der Waals surface area contributed by atoms with Crippen molar-refractivity contribution < 1.29 is 23.8 Å². The molecule has 0 aliphatic heterocycles. The molecule has 5 nitrogen and oxygen atoms in total. The highest BCUT2D eigenvalue weighted by Gasteiger charge is 2.13. The van der Waals surface area contributed by atoms with E-state index in [2.05, 4.69) is 0 Å². The molecule has 0 bridgehead atoms. The molecule has 20 heavy (non-hydrogen) atoms. The van der Waals surface area contributed by atoms with Crippen molar-refractivity contribution in [3.63, 3.8) is 0 Å². The van der Waals surface area contributed by atoms with Crippen LogP contribution in [0.3, 0.4) is 0 Å². The number of rotatable bonds is 4. The van der Waals surface area contributed by atoms with Crippen molar-refractivity contribution in [1.82, 2.24) is 0 Å². The number of carbonyl (C=O) groups excluding carboxylic acids is 1. The lowest BCUT2D eigenvalue weighted by molar-refractivity contribution is 0.0694. The molecule has 0 atom stereocenters. The summed E-state index contributed by atoms with van der Waals surface area (Å²) in [5.41, 5.74) is 4.67. The summed E-state index contributed by atoms with van der Waals surface area (Å²) in [5.74, 6) is -2.73. The fourth-order valence-corrected chi connectivity index (χ4v) is 1.62. The van der Waals surface area contributed by atoms with Crippen molar-refractivity contribution in [1.29, 1.82) is 0 Å². The maximum Gasteiger partial charge on any atom is 0.339 e. The number of ether oxygens (including phenoxy) is 1. The molecule has 0 saturated carbocycles. The molecule has 6 heteroatoms. The Morgan fingerprint density at radius 2 is 1.80 bits per heavy atom. The molecule has 2 aromatic rings. The SMILES string of the molecule is NC(=O)c1ccc(Oc2ccccc2C(=O)O)cc1F. The number of carbonyl (C=O) groups is 2. The van der Waals surface area contributed by atoms with Gasteiger partial charge in [-0.2, -0.15) is 0 Å². The lowest BCUT2D eigenvalue weighted by Gasteiger charge is -2.09. The van der Waals surface area contributed by atoms with Crippen LogP contribution in [0.25, 0.3) is 0 Å². The Hall–Kier alpha value is -2.89. The fourth-order valence-electron chi connectivity index (χ4n) is 1.62. The second kappa shape index (κ2) is 5.40. The van der Waals surface area contributed by atoms with E-state index in [9.17, 15) is 14.0 Å². The van der Waals surface area contributed by atoms with Gasteiger partial charge in [0, 0.05) is 6.07 Å². The lowest BCUT2D eigenvalue weighted by Crippen LogP contribution is -2.12. The maximum atomic E-state index is 13.6. The normalized spacial score (nSPS) is 10.1. The Morgan fingerprint density at radius 3 is 2.40 bits per heavy atom. The van der Waals surface area contributed by atoms with Crippen molar-refractivity contribution in [2.24, 2.45) is 5.73 Å². The minimum Gasteiger partial charge on any atom is -0.478 e. The van der Waals surface area contributed by atoms with Gasteiger partial charge in [0.1, 0.15) is 22.9 Å². The van der Waals surface area contributed by atoms with Crippen LogP contribution in [-0.2, 0) is 0 Å². The number of halogens is 1. The first-order valence-corrected chi connectivity index (χ1v) is 5.58. The zero-order chi connectivity index (χ0) is 14.7. The molecule has 102 valence electrons. The van der Waals surface area contributed by atoms with Crippen molar-refractivity contribution >= 4 is 11.9 Å². The van der Waals surface area contributed by atoms with Crippen LogP contribution >= 0.6 is 0 Å². The molecule has 2 aromatic carbocycles. The van der Waals surface area contributed by atoms with E-state index in [-0.39, 0.29) is 22.6 Å². The number of hydrogen-bond acceptors (Lipinski definition) is 3. The number of aromatic carboxylic acids is 1. The molecule has 0 heterocycles. The van der Waals surface area contributed by atoms with E-state index in [1.807, 2.05) is 0 Å². The molecule has 2 rings (SSSR count). The van der Waals surface area contributed by atoms with Crippen LogP contribution in [-0.4, -0.2) is 17.0 Å². The minimum atomic E-state index is -1.16. The fraction of sp³-hybridized carbons (Fsp3) is 0. The first-order chi connectivity index (χ1) is 9.49. The van der Waals surface area contributed by atoms with Gasteiger partial charge < -0.3 is 15.6 Å². The van der Waals surface area contributed by atoms with Gasteiger partial charge in [-0.1, -0.05) is 12.1 Å². The summed E-state index contributed by atoms with van der Waals surface area (Å²) in [6, 6.07) is 9.44. The Bertz CT molecular complexity index is 685. The zero-order valence-electron chi connectivity index (χ0n) is 10.2. The number of nitrogens with two attached hydrogens (primary N) is 1. The van der Waals surface area contributed by atoms with Crippen LogP contribution in [0.15, 0.2) is 42.5 Å². The van der Waals surface area contributed by atoms with Crippen molar-refractivity contribution in [2.45, 2.75) is 0 Å². The third-order valence-electron chi connectivity index (χ3n) is 2.55. The smallest absolute Gasteiger partial charge is 0.339 e. The molecule has 0 radical (unpaired) electrons. The third-order valence-corrected chi connectivity index (χ3v) is 2.55. The Balaban J connectivity index is 2.34. The van der Waals surface area contributed by atoms with Crippen LogP contribution < -0.4 is 10.5 Å². The highest BCUT2D eigenvalue weighted by Crippen LogP contribution is 2.26. The van der Waals surface area contributed by atoms with Crippen LogP contribution in [0.2, 0.25) is 0 Å². The van der Waals surface area contributed by atoms with Crippen molar-refractivity contribution in [3.8, 4) is 11.5 Å². The molecular weight excluding hydrogens is 265 g/mol. The van der Waals surface area contributed by atoms with E-state index >= 15 is 0 Å². The average Bonchev–Trinajstić information content (AvgIpc) is 2.38. The highest BCUT2D eigenvalue weighted by molar-refractivity contribution is 5.93. The van der Waals surface area contributed by atoms with Crippen molar-refractivity contribution in [3.05, 3.63) is 59.4 Å². The van der Waals surface area contributed by atoms with E-state index in [1.165, 1.54) is 24.3 Å². The molecule has 0 aliphatic rings. The molecule has 1 amide bonds. The summed E-state index contributed by atoms with van der Waals surface area (Å²) >= 11 is 0. The van der Waals surface area contributed by atoms with Gasteiger partial charge in [-0.15, -0.1) is 0 Å². The zero-order valence-corrected chi connectivity index (χ0v) is 10.2. The number of benzene rings is 2. The summed E-state index contributed by atoms with van der Waals surface area (Å²) in [7, 11) is 0. The number of primary amides is 1. The highest BCUT2D eigenvalue weighted by atomic mass is 19.1. The molecule has 0 saturated heterocycles. The largest absolute Gasteiger partial charge is 0.478 e. The topological polar surface area (TPSA) is 89.6 Å². The standard InChI is InChI=1S/C14H10FNO4/c15-11-7-8(5-6-9(11)13(16)17)20-12-4-2-1-3-10(12)14(18)19/h1-7H,(H2,16,17)(H,18,19). The second-order valence-corrected chi connectivity index (χ2v) is 3.91. The van der Waals surface area contributed by atoms with Crippen LogP contribution in [0.4, 0.5) is 4.39 Å². The Labute approximate surface area is 113 Å². The van der Waals surface area contributed by atoms with E-state index in [0.29, 0.717) is 0 Å². The number of carboxylic acid groups (broad SMARTS) is 1. The van der Waals surface area contributed by atoms with E-state index in [1.54, 1.807) is 12.1 Å². The van der Waals surface area contributed by atoms with Crippen LogP contribution in [0.5, 0.6) is 11.5 Å². The molecule has 0 aromatic heterocycles. The monoisotopic (exact) mass is 275 g/mol. The average molecular weight is 275 g/mol. The minimum absolute atomic E-state index is 0.0492. The van der Waals surface area contributed by atoms with E-state index in [4.69, 9.17) is 15.6 Å². The molecular formula is C14H10FNO4. The molecule has 3 N–H and O–H groups in total. The molecule has 0 aliphatic carbocycles. The maximum absolute atomic E-state index is 13.6. The first-order valence-electron chi connectivity index (χ1n) is 5.58. The number of carboxylic acids is 1. The van der Waals surface area contributed by atoms with Gasteiger partial charge in [-0.25, -0.2) is 9.18 Å². The predicted molar refractivity (Wildman–Crippen MR) is 68.4 cm³/mol. The van der Waals surface area contributed by atoms with Gasteiger partial charge >= 0.3 is 5.97 Å². The van der Waals surface area contributed by atoms with Gasteiger partial charge in [0.05, 0.1) is 5.56 Å². The van der Waals surface area contributed by atoms with Gasteiger partial charge in [-0.3, -0.25) is 4.79 Å². The van der Waals surface area contributed by atoms with Crippen molar-refractivity contribution in [2.75, 3.05) is 0 Å². The summed E-state index contributed by atoms with van der Waals surface area (Å²) in [6.45, 7) is 0. The Morgan fingerprint density at radius 1 is 1.10 bits per heavy atom. The summed E-state index contributed by atoms with van der Waals surface area (Å²) in [5, 5.41) is 9.00. The van der Waals surface area contributed by atoms with Gasteiger partial charge in [0.2, 0.25) is 0 Å². The van der Waals surface area contributed by atoms with Crippen LogP contribution in [0.1, 0.15) is 20.7 Å². The molecule has 0 unspecified atom stereocenters. The number of hydrogen-bond donors (Lipinski definition) is 2. The third kappa shape index (κ3) is 2.74.